The third-order valence-corrected chi connectivity index (χ3v) is 2.90. The summed E-state index contributed by atoms with van der Waals surface area (Å²) in [7, 11) is 0. The predicted octanol–water partition coefficient (Wildman–Crippen LogP) is 2.20. The van der Waals surface area contributed by atoms with Gasteiger partial charge < -0.3 is 9.84 Å². The molecule has 0 aromatic heterocycles. The molecule has 0 aromatic rings. The fourth-order valence-corrected chi connectivity index (χ4v) is 3.05. The molecule has 0 rings (SSSR count). The van der Waals surface area contributed by atoms with Gasteiger partial charge in [-0.25, -0.2) is 0 Å². The molecule has 0 saturated carbocycles. The zero-order valence-electron chi connectivity index (χ0n) is 13.1. The topological polar surface area (TPSA) is 49.8 Å². The summed E-state index contributed by atoms with van der Waals surface area (Å²) >= 11 is 0. The van der Waals surface area contributed by atoms with E-state index in [9.17, 15) is 9.90 Å². The molecule has 0 unspecified atom stereocenters. The number of rotatable bonds is 5. The molecule has 0 amide bonds. The highest BCUT2D eigenvalue weighted by molar-refractivity contribution is 5.65. The van der Waals surface area contributed by atoms with Crippen molar-refractivity contribution < 1.29 is 14.6 Å². The first-order valence-electron chi connectivity index (χ1n) is 6.39. The fraction of sp³-hybridized carbons (Fsp3) is 0.929. The van der Waals surface area contributed by atoms with Crippen LogP contribution in [0.25, 0.3) is 0 Å². The van der Waals surface area contributed by atoms with E-state index in [-0.39, 0.29) is 29.2 Å². The Kier molecular flexibility index (Phi) is 5.39. The molecule has 0 atom stereocenters. The van der Waals surface area contributed by atoms with Crippen LogP contribution < -0.4 is 0 Å². The van der Waals surface area contributed by atoms with Gasteiger partial charge >= 0.3 is 5.97 Å². The number of hydrogen-bond donors (Lipinski definition) is 1. The molecule has 18 heavy (non-hydrogen) atoms. The van der Waals surface area contributed by atoms with Crippen LogP contribution in [0.15, 0.2) is 0 Å². The summed E-state index contributed by atoms with van der Waals surface area (Å²) in [5.74, 6) is -0.279. The van der Waals surface area contributed by atoms with E-state index in [4.69, 9.17) is 4.74 Å². The SMILES string of the molecule is CC(=O)OCC(C)(C)N(C(C)(C)C)C(C)(C)CO. The molecule has 0 aromatic carbocycles. The minimum Gasteiger partial charge on any atom is -0.464 e. The summed E-state index contributed by atoms with van der Waals surface area (Å²) < 4.78 is 5.16. The Balaban J connectivity index is 5.26. The molecule has 4 nitrogen and oxygen atoms in total. The van der Waals surface area contributed by atoms with Crippen LogP contribution in [-0.2, 0) is 9.53 Å². The molecule has 0 radical (unpaired) electrons. The van der Waals surface area contributed by atoms with E-state index < -0.39 is 0 Å². The first kappa shape index (κ1) is 17.4. The average molecular weight is 259 g/mol. The number of carbonyl (C=O) groups is 1. The van der Waals surface area contributed by atoms with Crippen molar-refractivity contribution >= 4 is 5.97 Å². The maximum absolute atomic E-state index is 11.0. The van der Waals surface area contributed by atoms with Gasteiger partial charge in [0.15, 0.2) is 0 Å². The van der Waals surface area contributed by atoms with E-state index in [2.05, 4.69) is 25.7 Å². The number of ether oxygens (including phenoxy) is 1. The third kappa shape index (κ3) is 4.58. The Hall–Kier alpha value is -0.610. The Labute approximate surface area is 111 Å². The molecule has 1 N–H and O–H groups in total. The van der Waals surface area contributed by atoms with Crippen LogP contribution in [0.3, 0.4) is 0 Å². The summed E-state index contributed by atoms with van der Waals surface area (Å²) in [4.78, 5) is 13.2. The smallest absolute Gasteiger partial charge is 0.302 e. The highest BCUT2D eigenvalue weighted by atomic mass is 16.5. The summed E-state index contributed by atoms with van der Waals surface area (Å²) in [6.45, 7) is 16.1. The van der Waals surface area contributed by atoms with E-state index in [1.165, 1.54) is 6.92 Å². The lowest BCUT2D eigenvalue weighted by Gasteiger charge is -2.54. The van der Waals surface area contributed by atoms with E-state index in [1.807, 2.05) is 27.7 Å². The number of aliphatic hydroxyl groups is 1. The lowest BCUT2D eigenvalue weighted by Crippen LogP contribution is -2.66. The lowest BCUT2D eigenvalue weighted by atomic mass is 9.86. The Bertz CT molecular complexity index is 290. The fourth-order valence-electron chi connectivity index (χ4n) is 3.05. The third-order valence-electron chi connectivity index (χ3n) is 2.90. The first-order valence-corrected chi connectivity index (χ1v) is 6.39. The molecule has 108 valence electrons. The van der Waals surface area contributed by atoms with Crippen molar-refractivity contribution in [1.29, 1.82) is 0 Å². The molecule has 0 saturated heterocycles. The van der Waals surface area contributed by atoms with E-state index in [1.54, 1.807) is 0 Å². The highest BCUT2D eigenvalue weighted by Crippen LogP contribution is 2.33. The van der Waals surface area contributed by atoms with Gasteiger partial charge in [0.1, 0.15) is 6.61 Å². The van der Waals surface area contributed by atoms with Crippen LogP contribution in [0.1, 0.15) is 55.4 Å². The average Bonchev–Trinajstić information content (AvgIpc) is 2.11. The molecule has 0 bridgehead atoms. The van der Waals surface area contributed by atoms with Crippen LogP contribution >= 0.6 is 0 Å². The van der Waals surface area contributed by atoms with Crippen molar-refractivity contribution in [2.24, 2.45) is 0 Å². The van der Waals surface area contributed by atoms with Gasteiger partial charge in [-0.1, -0.05) is 0 Å². The maximum atomic E-state index is 11.0. The van der Waals surface area contributed by atoms with E-state index >= 15 is 0 Å². The van der Waals surface area contributed by atoms with Crippen LogP contribution in [0.2, 0.25) is 0 Å². The highest BCUT2D eigenvalue weighted by Gasteiger charge is 2.44. The second kappa shape index (κ2) is 5.57. The lowest BCUT2D eigenvalue weighted by molar-refractivity contribution is -0.152. The van der Waals surface area contributed by atoms with Gasteiger partial charge in [0, 0.05) is 18.0 Å². The number of hydrogen-bond acceptors (Lipinski definition) is 4. The molecule has 0 aliphatic rings. The Morgan fingerprint density at radius 1 is 1.06 bits per heavy atom. The molecule has 0 aliphatic carbocycles. The predicted molar refractivity (Wildman–Crippen MR) is 73.5 cm³/mol. The molecule has 0 fully saturated rings. The minimum absolute atomic E-state index is 0.0494. The minimum atomic E-state index is -0.387. The van der Waals surface area contributed by atoms with Crippen LogP contribution in [0, 0.1) is 0 Å². The number of aliphatic hydroxyl groups excluding tert-OH is 1. The summed E-state index contributed by atoms with van der Waals surface area (Å²) in [5.41, 5.74) is -0.881. The van der Waals surface area contributed by atoms with Crippen molar-refractivity contribution in [3.8, 4) is 0 Å². The van der Waals surface area contributed by atoms with Crippen molar-refractivity contribution in [1.82, 2.24) is 4.90 Å². The van der Waals surface area contributed by atoms with E-state index in [0.717, 1.165) is 0 Å². The molecular formula is C14H29NO3. The van der Waals surface area contributed by atoms with Crippen LogP contribution in [0.4, 0.5) is 0 Å². The monoisotopic (exact) mass is 259 g/mol. The summed E-state index contributed by atoms with van der Waals surface area (Å²) in [6, 6.07) is 0. The second-order valence-electron chi connectivity index (χ2n) is 7.07. The van der Waals surface area contributed by atoms with Crippen molar-refractivity contribution in [2.45, 2.75) is 72.0 Å². The van der Waals surface area contributed by atoms with Crippen LogP contribution in [0.5, 0.6) is 0 Å². The number of nitrogens with zero attached hydrogens (tertiary/aromatic N) is 1. The second-order valence-corrected chi connectivity index (χ2v) is 7.07. The Morgan fingerprint density at radius 3 is 1.78 bits per heavy atom. The van der Waals surface area contributed by atoms with Gasteiger partial charge in [0.05, 0.1) is 12.1 Å². The molecule has 0 spiro atoms. The quantitative estimate of drug-likeness (QED) is 0.769. The van der Waals surface area contributed by atoms with Crippen LogP contribution in [-0.4, -0.2) is 45.8 Å². The zero-order valence-corrected chi connectivity index (χ0v) is 13.1. The maximum Gasteiger partial charge on any atom is 0.302 e. The molecule has 0 aliphatic heterocycles. The normalized spacial score (nSPS) is 13.9. The first-order chi connectivity index (χ1) is 7.84. The summed E-state index contributed by atoms with van der Waals surface area (Å²) in [5, 5.41) is 9.62. The largest absolute Gasteiger partial charge is 0.464 e. The van der Waals surface area contributed by atoms with Gasteiger partial charge in [-0.05, 0) is 48.5 Å². The number of esters is 1. The van der Waals surface area contributed by atoms with Crippen molar-refractivity contribution in [3.05, 3.63) is 0 Å². The van der Waals surface area contributed by atoms with Gasteiger partial charge in [-0.3, -0.25) is 9.69 Å². The zero-order chi connectivity index (χ0) is 14.8. The van der Waals surface area contributed by atoms with E-state index in [0.29, 0.717) is 6.61 Å². The van der Waals surface area contributed by atoms with Gasteiger partial charge in [0.2, 0.25) is 0 Å². The molecular weight excluding hydrogens is 230 g/mol. The molecule has 0 heterocycles. The van der Waals surface area contributed by atoms with Gasteiger partial charge in [-0.2, -0.15) is 0 Å². The Morgan fingerprint density at radius 2 is 1.50 bits per heavy atom. The van der Waals surface area contributed by atoms with Crippen molar-refractivity contribution in [3.63, 3.8) is 0 Å². The summed E-state index contributed by atoms with van der Waals surface area (Å²) in [6.07, 6.45) is 0. The standard InChI is InChI=1S/C14H29NO3/c1-11(17)18-10-14(7,8)15(12(2,3)4)13(5,6)9-16/h16H,9-10H2,1-8H3. The van der Waals surface area contributed by atoms with Gasteiger partial charge in [-0.15, -0.1) is 0 Å². The number of carbonyl (C=O) groups excluding carboxylic acids is 1. The van der Waals surface area contributed by atoms with Gasteiger partial charge in [0.25, 0.3) is 0 Å². The van der Waals surface area contributed by atoms with Crippen molar-refractivity contribution in [2.75, 3.05) is 13.2 Å². The molecule has 4 heteroatoms.